The van der Waals surface area contributed by atoms with Crippen molar-refractivity contribution in [2.24, 2.45) is 0 Å². The quantitative estimate of drug-likeness (QED) is 0.766. The SMILES string of the molecule is CCC(CC)N(CCOC)C(=O)c1cc(C)ccc1F. The third kappa shape index (κ3) is 4.04. The summed E-state index contributed by atoms with van der Waals surface area (Å²) in [5, 5.41) is 0. The van der Waals surface area contributed by atoms with Crippen molar-refractivity contribution in [3.05, 3.63) is 35.1 Å². The summed E-state index contributed by atoms with van der Waals surface area (Å²) in [6, 6.07) is 4.74. The molecule has 0 unspecified atom stereocenters. The predicted octanol–water partition coefficient (Wildman–Crippen LogP) is 3.41. The summed E-state index contributed by atoms with van der Waals surface area (Å²) in [5.41, 5.74) is 1.03. The normalized spacial score (nSPS) is 10.9. The van der Waals surface area contributed by atoms with Crippen LogP contribution in [-0.2, 0) is 4.74 Å². The number of carbonyl (C=O) groups excluding carboxylic acids is 1. The fraction of sp³-hybridized carbons (Fsp3) is 0.562. The lowest BCUT2D eigenvalue weighted by Gasteiger charge is -2.30. The summed E-state index contributed by atoms with van der Waals surface area (Å²) in [6.07, 6.45) is 1.69. The number of aryl methyl sites for hydroxylation is 1. The maximum absolute atomic E-state index is 13.9. The molecule has 0 aliphatic carbocycles. The molecule has 0 aromatic heterocycles. The van der Waals surface area contributed by atoms with Crippen molar-refractivity contribution in [1.29, 1.82) is 0 Å². The molecule has 0 saturated heterocycles. The van der Waals surface area contributed by atoms with E-state index in [0.29, 0.717) is 13.2 Å². The maximum Gasteiger partial charge on any atom is 0.257 e. The van der Waals surface area contributed by atoms with Crippen molar-refractivity contribution in [3.63, 3.8) is 0 Å². The van der Waals surface area contributed by atoms with Gasteiger partial charge in [0, 0.05) is 19.7 Å². The van der Waals surface area contributed by atoms with Gasteiger partial charge in [-0.2, -0.15) is 0 Å². The fourth-order valence-electron chi connectivity index (χ4n) is 2.33. The number of hydrogen-bond acceptors (Lipinski definition) is 2. The Labute approximate surface area is 120 Å². The van der Waals surface area contributed by atoms with E-state index in [0.717, 1.165) is 18.4 Å². The minimum absolute atomic E-state index is 0.109. The average Bonchev–Trinajstić information content (AvgIpc) is 2.45. The van der Waals surface area contributed by atoms with Crippen LogP contribution < -0.4 is 0 Å². The summed E-state index contributed by atoms with van der Waals surface area (Å²) >= 11 is 0. The molecule has 0 aliphatic heterocycles. The van der Waals surface area contributed by atoms with Gasteiger partial charge in [-0.1, -0.05) is 25.5 Å². The fourth-order valence-corrected chi connectivity index (χ4v) is 2.33. The van der Waals surface area contributed by atoms with Crippen LogP contribution in [0.4, 0.5) is 4.39 Å². The largest absolute Gasteiger partial charge is 0.383 e. The summed E-state index contributed by atoms with van der Waals surface area (Å²) in [5.74, 6) is -0.717. The number of amides is 1. The highest BCUT2D eigenvalue weighted by molar-refractivity contribution is 5.95. The van der Waals surface area contributed by atoms with Gasteiger partial charge in [0.2, 0.25) is 0 Å². The molecule has 112 valence electrons. The van der Waals surface area contributed by atoms with E-state index in [4.69, 9.17) is 4.74 Å². The van der Waals surface area contributed by atoms with Crippen LogP contribution in [0.2, 0.25) is 0 Å². The summed E-state index contributed by atoms with van der Waals surface area (Å²) in [6.45, 7) is 6.86. The van der Waals surface area contributed by atoms with Gasteiger partial charge in [0.15, 0.2) is 0 Å². The molecule has 0 spiro atoms. The standard InChI is InChI=1S/C16H24FNO2/c1-5-13(6-2)18(9-10-20-4)16(19)14-11-12(3)7-8-15(14)17/h7-8,11,13H,5-6,9-10H2,1-4H3. The topological polar surface area (TPSA) is 29.5 Å². The van der Waals surface area contributed by atoms with E-state index in [9.17, 15) is 9.18 Å². The molecular formula is C16H24FNO2. The van der Waals surface area contributed by atoms with Gasteiger partial charge in [0.1, 0.15) is 5.82 Å². The number of benzene rings is 1. The third-order valence-corrected chi connectivity index (χ3v) is 3.53. The van der Waals surface area contributed by atoms with Crippen molar-refractivity contribution < 1.29 is 13.9 Å². The van der Waals surface area contributed by atoms with Gasteiger partial charge in [-0.05, 0) is 31.9 Å². The molecule has 3 nitrogen and oxygen atoms in total. The van der Waals surface area contributed by atoms with Gasteiger partial charge in [0.05, 0.1) is 12.2 Å². The summed E-state index contributed by atoms with van der Waals surface area (Å²) in [4.78, 5) is 14.3. The number of methoxy groups -OCH3 is 1. The Hall–Kier alpha value is -1.42. The van der Waals surface area contributed by atoms with E-state index in [2.05, 4.69) is 0 Å². The summed E-state index contributed by atoms with van der Waals surface area (Å²) < 4.78 is 19.0. The lowest BCUT2D eigenvalue weighted by molar-refractivity contribution is 0.0585. The molecule has 4 heteroatoms. The van der Waals surface area contributed by atoms with Crippen LogP contribution in [0, 0.1) is 12.7 Å². The van der Waals surface area contributed by atoms with Crippen molar-refractivity contribution in [2.75, 3.05) is 20.3 Å². The zero-order valence-electron chi connectivity index (χ0n) is 12.8. The monoisotopic (exact) mass is 281 g/mol. The number of nitrogens with zero attached hydrogens (tertiary/aromatic N) is 1. The third-order valence-electron chi connectivity index (χ3n) is 3.53. The minimum atomic E-state index is -0.464. The van der Waals surface area contributed by atoms with E-state index >= 15 is 0 Å². The number of halogens is 1. The Kier molecular flexibility index (Phi) is 6.65. The molecule has 0 radical (unpaired) electrons. The highest BCUT2D eigenvalue weighted by Crippen LogP contribution is 2.17. The van der Waals surface area contributed by atoms with Gasteiger partial charge in [-0.3, -0.25) is 4.79 Å². The van der Waals surface area contributed by atoms with Crippen molar-refractivity contribution in [1.82, 2.24) is 4.90 Å². The van der Waals surface area contributed by atoms with E-state index in [1.54, 1.807) is 24.1 Å². The molecule has 0 atom stereocenters. The van der Waals surface area contributed by atoms with Crippen LogP contribution in [0.25, 0.3) is 0 Å². The van der Waals surface area contributed by atoms with Gasteiger partial charge >= 0.3 is 0 Å². The average molecular weight is 281 g/mol. The van der Waals surface area contributed by atoms with Gasteiger partial charge in [0.25, 0.3) is 5.91 Å². The Morgan fingerprint density at radius 1 is 1.35 bits per heavy atom. The molecule has 0 heterocycles. The second-order valence-electron chi connectivity index (χ2n) is 4.94. The van der Waals surface area contributed by atoms with Crippen LogP contribution in [0.1, 0.15) is 42.6 Å². The minimum Gasteiger partial charge on any atom is -0.383 e. The van der Waals surface area contributed by atoms with Crippen LogP contribution in [-0.4, -0.2) is 37.1 Å². The molecule has 0 N–H and O–H groups in total. The first-order valence-electron chi connectivity index (χ1n) is 7.11. The lowest BCUT2D eigenvalue weighted by atomic mass is 10.1. The van der Waals surface area contributed by atoms with E-state index in [-0.39, 0.29) is 17.5 Å². The first-order chi connectivity index (χ1) is 9.54. The Balaban J connectivity index is 3.05. The molecule has 0 fully saturated rings. The smallest absolute Gasteiger partial charge is 0.257 e. The molecule has 0 saturated carbocycles. The van der Waals surface area contributed by atoms with Gasteiger partial charge in [-0.15, -0.1) is 0 Å². The Bertz CT molecular complexity index is 444. The van der Waals surface area contributed by atoms with Crippen LogP contribution >= 0.6 is 0 Å². The zero-order chi connectivity index (χ0) is 15.1. The number of carbonyl (C=O) groups is 1. The summed E-state index contributed by atoms with van der Waals surface area (Å²) in [7, 11) is 1.60. The van der Waals surface area contributed by atoms with Crippen LogP contribution in [0.5, 0.6) is 0 Å². The van der Waals surface area contributed by atoms with Crippen molar-refractivity contribution >= 4 is 5.91 Å². The molecule has 1 rings (SSSR count). The van der Waals surface area contributed by atoms with Crippen LogP contribution in [0.15, 0.2) is 18.2 Å². The molecular weight excluding hydrogens is 257 g/mol. The lowest BCUT2D eigenvalue weighted by Crippen LogP contribution is -2.42. The molecule has 0 bridgehead atoms. The molecule has 20 heavy (non-hydrogen) atoms. The van der Waals surface area contributed by atoms with Gasteiger partial charge in [-0.25, -0.2) is 4.39 Å². The van der Waals surface area contributed by atoms with Crippen LogP contribution in [0.3, 0.4) is 0 Å². The Morgan fingerprint density at radius 2 is 2.00 bits per heavy atom. The first-order valence-corrected chi connectivity index (χ1v) is 7.11. The van der Waals surface area contributed by atoms with E-state index < -0.39 is 5.82 Å². The molecule has 1 aromatic rings. The second-order valence-corrected chi connectivity index (χ2v) is 4.94. The number of rotatable bonds is 7. The van der Waals surface area contributed by atoms with Gasteiger partial charge < -0.3 is 9.64 Å². The highest BCUT2D eigenvalue weighted by atomic mass is 19.1. The highest BCUT2D eigenvalue weighted by Gasteiger charge is 2.24. The second kappa shape index (κ2) is 8.00. The van der Waals surface area contributed by atoms with E-state index in [1.807, 2.05) is 20.8 Å². The first kappa shape index (κ1) is 16.6. The molecule has 0 aliphatic rings. The number of ether oxygens (including phenoxy) is 1. The Morgan fingerprint density at radius 3 is 2.55 bits per heavy atom. The predicted molar refractivity (Wildman–Crippen MR) is 78.4 cm³/mol. The maximum atomic E-state index is 13.9. The number of hydrogen-bond donors (Lipinski definition) is 0. The molecule has 1 amide bonds. The van der Waals surface area contributed by atoms with Crippen molar-refractivity contribution in [2.45, 2.75) is 39.7 Å². The molecule has 1 aromatic carbocycles. The van der Waals surface area contributed by atoms with E-state index in [1.165, 1.54) is 6.07 Å². The zero-order valence-corrected chi connectivity index (χ0v) is 12.8. The van der Waals surface area contributed by atoms with Crippen molar-refractivity contribution in [3.8, 4) is 0 Å².